The number of rotatable bonds is 3. The average molecular weight is 418 g/mol. The highest BCUT2D eigenvalue weighted by Crippen LogP contribution is 2.43. The molecule has 27 heavy (non-hydrogen) atoms. The molecule has 0 saturated heterocycles. The van der Waals surface area contributed by atoms with Gasteiger partial charge in [-0.3, -0.25) is 0 Å². The maximum absolute atomic E-state index is 9.04. The van der Waals surface area contributed by atoms with E-state index in [0.29, 0.717) is 11.4 Å². The summed E-state index contributed by atoms with van der Waals surface area (Å²) in [5, 5.41) is 6.64. The van der Waals surface area contributed by atoms with Crippen LogP contribution in [0.25, 0.3) is 43.4 Å². The third kappa shape index (κ3) is 2.79. The van der Waals surface area contributed by atoms with Gasteiger partial charge in [0.25, 0.3) is 0 Å². The van der Waals surface area contributed by atoms with Crippen LogP contribution in [-0.2, 0) is 6.42 Å². The van der Waals surface area contributed by atoms with Crippen LogP contribution in [0.5, 0.6) is 0 Å². The molecule has 0 amide bonds. The number of nitrogens with zero attached hydrogens (tertiary/aromatic N) is 4. The van der Waals surface area contributed by atoms with Crippen molar-refractivity contribution in [2.45, 2.75) is 13.3 Å². The number of nitrogens with two attached hydrogens (primary N) is 1. The maximum atomic E-state index is 9.04. The molecule has 0 bridgehead atoms. The summed E-state index contributed by atoms with van der Waals surface area (Å²) >= 11 is 3.64. The van der Waals surface area contributed by atoms with Crippen molar-refractivity contribution in [2.24, 2.45) is 5.11 Å². The van der Waals surface area contributed by atoms with E-state index >= 15 is 0 Å². The van der Waals surface area contributed by atoms with Gasteiger partial charge < -0.3 is 5.73 Å². The van der Waals surface area contributed by atoms with Crippen molar-refractivity contribution in [3.63, 3.8) is 0 Å². The van der Waals surface area contributed by atoms with Crippen LogP contribution >= 0.6 is 15.9 Å². The molecule has 0 atom stereocenters. The second-order valence-corrected chi connectivity index (χ2v) is 7.02. The second kappa shape index (κ2) is 6.91. The maximum Gasteiger partial charge on any atom is 0.0792 e. The number of nitrogen functional groups attached to an aromatic ring is 1. The SMILES string of the molecule is CCc1cc(N)c(Br)c2c1nc(-c1ccccc1)c1c(N=[N+]=[N-])cccc12. The van der Waals surface area contributed by atoms with Crippen molar-refractivity contribution < 1.29 is 0 Å². The Morgan fingerprint density at radius 3 is 2.59 bits per heavy atom. The van der Waals surface area contributed by atoms with Crippen molar-refractivity contribution in [1.82, 2.24) is 4.98 Å². The first-order valence-electron chi connectivity index (χ1n) is 8.59. The van der Waals surface area contributed by atoms with Crippen molar-refractivity contribution in [3.8, 4) is 11.3 Å². The minimum Gasteiger partial charge on any atom is -0.398 e. The van der Waals surface area contributed by atoms with Crippen LogP contribution in [0, 0.1) is 0 Å². The first kappa shape index (κ1) is 17.3. The molecule has 1 heterocycles. The zero-order valence-electron chi connectivity index (χ0n) is 14.6. The summed E-state index contributed by atoms with van der Waals surface area (Å²) in [6.07, 6.45) is 0.816. The van der Waals surface area contributed by atoms with Crippen LogP contribution in [0.2, 0.25) is 0 Å². The van der Waals surface area contributed by atoms with Gasteiger partial charge in [0.2, 0.25) is 0 Å². The average Bonchev–Trinajstić information content (AvgIpc) is 2.70. The molecule has 132 valence electrons. The monoisotopic (exact) mass is 417 g/mol. The highest BCUT2D eigenvalue weighted by atomic mass is 79.9. The number of halogens is 1. The van der Waals surface area contributed by atoms with E-state index in [-0.39, 0.29) is 0 Å². The van der Waals surface area contributed by atoms with E-state index in [1.54, 1.807) is 0 Å². The van der Waals surface area contributed by atoms with Crippen LogP contribution in [0.3, 0.4) is 0 Å². The second-order valence-electron chi connectivity index (χ2n) is 6.23. The number of hydrogen-bond acceptors (Lipinski definition) is 3. The number of aromatic nitrogens is 1. The van der Waals surface area contributed by atoms with Gasteiger partial charge in [-0.25, -0.2) is 4.98 Å². The van der Waals surface area contributed by atoms with Crippen LogP contribution < -0.4 is 5.73 Å². The van der Waals surface area contributed by atoms with Gasteiger partial charge in [0.15, 0.2) is 0 Å². The van der Waals surface area contributed by atoms with Gasteiger partial charge >= 0.3 is 0 Å². The summed E-state index contributed by atoms with van der Waals surface area (Å²) in [5.41, 5.74) is 20.3. The fourth-order valence-corrected chi connectivity index (χ4v) is 3.99. The quantitative estimate of drug-likeness (QED) is 0.129. The van der Waals surface area contributed by atoms with Gasteiger partial charge in [0, 0.05) is 32.6 Å². The molecule has 0 saturated carbocycles. The van der Waals surface area contributed by atoms with E-state index in [4.69, 9.17) is 16.2 Å². The standard InChI is InChI=1S/C21H16BrN5/c1-2-12-11-15(23)19(22)18-14-9-6-10-16(26-27-24)17(14)21(25-20(12)18)13-7-4-3-5-8-13/h3-11H,2,23H2,1H3. The molecular formula is C21H16BrN5. The van der Waals surface area contributed by atoms with E-state index in [1.165, 1.54) is 0 Å². The van der Waals surface area contributed by atoms with Crippen LogP contribution in [0.15, 0.2) is 64.2 Å². The van der Waals surface area contributed by atoms with Crippen molar-refractivity contribution in [3.05, 3.63) is 75.1 Å². The molecule has 0 aliphatic heterocycles. The summed E-state index contributed by atoms with van der Waals surface area (Å²) in [5.74, 6) is 0. The molecule has 3 aromatic carbocycles. The van der Waals surface area contributed by atoms with Gasteiger partial charge in [0.05, 0.1) is 15.7 Å². The van der Waals surface area contributed by atoms with Gasteiger partial charge in [0.1, 0.15) is 0 Å². The molecular weight excluding hydrogens is 402 g/mol. The van der Waals surface area contributed by atoms with Gasteiger partial charge in [-0.05, 0) is 44.9 Å². The highest BCUT2D eigenvalue weighted by Gasteiger charge is 2.18. The summed E-state index contributed by atoms with van der Waals surface area (Å²) in [4.78, 5) is 8.03. The minimum atomic E-state index is 0.552. The van der Waals surface area contributed by atoms with E-state index in [1.807, 2.05) is 54.6 Å². The number of aryl methyl sites for hydroxylation is 1. The minimum absolute atomic E-state index is 0.552. The van der Waals surface area contributed by atoms with E-state index in [2.05, 4.69) is 32.9 Å². The smallest absolute Gasteiger partial charge is 0.0792 e. The predicted octanol–water partition coefficient (Wildman–Crippen LogP) is 6.90. The molecule has 0 unspecified atom stereocenters. The number of azide groups is 1. The lowest BCUT2D eigenvalue weighted by atomic mass is 9.96. The largest absolute Gasteiger partial charge is 0.398 e. The van der Waals surface area contributed by atoms with Gasteiger partial charge in [-0.15, -0.1) is 0 Å². The lowest BCUT2D eigenvalue weighted by Crippen LogP contribution is -1.98. The zero-order valence-corrected chi connectivity index (χ0v) is 16.2. The van der Waals surface area contributed by atoms with E-state index in [9.17, 15) is 0 Å². The number of anilines is 1. The van der Waals surface area contributed by atoms with E-state index in [0.717, 1.165) is 49.4 Å². The van der Waals surface area contributed by atoms with Gasteiger partial charge in [-0.2, -0.15) is 0 Å². The Labute approximate surface area is 164 Å². The Hall–Kier alpha value is -3.08. The fraction of sp³-hybridized carbons (Fsp3) is 0.0952. The normalized spacial score (nSPS) is 10.9. The molecule has 0 fully saturated rings. The highest BCUT2D eigenvalue weighted by molar-refractivity contribution is 9.10. The molecule has 5 nitrogen and oxygen atoms in total. The van der Waals surface area contributed by atoms with Crippen LogP contribution in [0.4, 0.5) is 11.4 Å². The van der Waals surface area contributed by atoms with E-state index < -0.39 is 0 Å². The molecule has 0 radical (unpaired) electrons. The third-order valence-electron chi connectivity index (χ3n) is 4.70. The Morgan fingerprint density at radius 2 is 1.89 bits per heavy atom. The Morgan fingerprint density at radius 1 is 1.11 bits per heavy atom. The number of benzene rings is 3. The van der Waals surface area contributed by atoms with Crippen molar-refractivity contribution in [1.29, 1.82) is 0 Å². The molecule has 1 aromatic heterocycles. The Balaban J connectivity index is 2.31. The summed E-state index contributed by atoms with van der Waals surface area (Å²) in [6, 6.07) is 17.6. The number of hydrogen-bond donors (Lipinski definition) is 1. The number of pyridine rings is 1. The molecule has 0 aliphatic rings. The summed E-state index contributed by atoms with van der Waals surface area (Å²) < 4.78 is 0.810. The summed E-state index contributed by atoms with van der Waals surface area (Å²) in [6.45, 7) is 2.09. The molecule has 4 aromatic rings. The fourth-order valence-electron chi connectivity index (χ4n) is 3.47. The lowest BCUT2D eigenvalue weighted by Gasteiger charge is -2.16. The number of fused-ring (bicyclic) bond motifs is 3. The van der Waals surface area contributed by atoms with Crippen LogP contribution in [0.1, 0.15) is 12.5 Å². The molecule has 6 heteroatoms. The first-order valence-corrected chi connectivity index (χ1v) is 9.38. The molecule has 2 N–H and O–H groups in total. The topological polar surface area (TPSA) is 87.7 Å². The Kier molecular flexibility index (Phi) is 4.44. The van der Waals surface area contributed by atoms with Crippen LogP contribution in [-0.4, -0.2) is 4.98 Å². The van der Waals surface area contributed by atoms with Crippen molar-refractivity contribution >= 4 is 49.0 Å². The molecule has 0 spiro atoms. The Bertz CT molecular complexity index is 1230. The summed E-state index contributed by atoms with van der Waals surface area (Å²) in [7, 11) is 0. The van der Waals surface area contributed by atoms with Gasteiger partial charge in [-0.1, -0.05) is 60.6 Å². The lowest BCUT2D eigenvalue weighted by molar-refractivity contribution is 1.15. The zero-order chi connectivity index (χ0) is 19.0. The predicted molar refractivity (Wildman–Crippen MR) is 115 cm³/mol. The van der Waals surface area contributed by atoms with Crippen molar-refractivity contribution in [2.75, 3.05) is 5.73 Å². The third-order valence-corrected chi connectivity index (χ3v) is 5.55. The molecule has 0 aliphatic carbocycles. The first-order chi connectivity index (χ1) is 13.2. The molecule has 4 rings (SSSR count).